The third kappa shape index (κ3) is 3.95. The van der Waals surface area contributed by atoms with Gasteiger partial charge in [-0.2, -0.15) is 5.10 Å². The summed E-state index contributed by atoms with van der Waals surface area (Å²) >= 11 is 0. The van der Waals surface area contributed by atoms with Gasteiger partial charge in [0.05, 0.1) is 5.39 Å². The Labute approximate surface area is 171 Å². The lowest BCUT2D eigenvalue weighted by Crippen LogP contribution is -2.23. The maximum absolute atomic E-state index is 12.4. The van der Waals surface area contributed by atoms with Crippen LogP contribution in [0.15, 0.2) is 83.7 Å². The van der Waals surface area contributed by atoms with Crippen LogP contribution in [0.2, 0.25) is 0 Å². The van der Waals surface area contributed by atoms with Crippen molar-refractivity contribution in [3.8, 4) is 11.1 Å². The van der Waals surface area contributed by atoms with Crippen molar-refractivity contribution in [1.82, 2.24) is 10.2 Å². The number of para-hydroxylation sites is 1. The Bertz CT molecular complexity index is 1280. The van der Waals surface area contributed by atoms with E-state index in [1.165, 1.54) is 0 Å². The predicted molar refractivity (Wildman–Crippen MR) is 113 cm³/mol. The molecule has 148 valence electrons. The fourth-order valence-electron chi connectivity index (χ4n) is 3.12. The van der Waals surface area contributed by atoms with E-state index in [0.717, 1.165) is 11.1 Å². The standard InChI is InChI=1S/C23H17N3O4/c27-20(24-19-13-7-6-10-16(19)15-8-2-1-3-9-15)14-30-23(29)21-17-11-4-5-12-18(17)22(28)26-25-21/h1-13H,14H2,(H,24,27)(H,26,28). The second kappa shape index (κ2) is 8.40. The Morgan fingerprint density at radius 3 is 2.33 bits per heavy atom. The number of amides is 1. The summed E-state index contributed by atoms with van der Waals surface area (Å²) in [7, 11) is 0. The number of hydrogen-bond donors (Lipinski definition) is 2. The largest absolute Gasteiger partial charge is 0.451 e. The average Bonchev–Trinajstić information content (AvgIpc) is 2.79. The molecule has 0 fully saturated rings. The molecule has 4 aromatic rings. The van der Waals surface area contributed by atoms with Crippen molar-refractivity contribution < 1.29 is 14.3 Å². The number of anilines is 1. The van der Waals surface area contributed by atoms with E-state index in [9.17, 15) is 14.4 Å². The van der Waals surface area contributed by atoms with Gasteiger partial charge in [-0.25, -0.2) is 9.89 Å². The Morgan fingerprint density at radius 2 is 1.53 bits per heavy atom. The SMILES string of the molecule is O=C(COC(=O)c1n[nH]c(=O)c2ccccc12)Nc1ccccc1-c1ccccc1. The number of nitrogens with one attached hydrogen (secondary N) is 2. The number of aromatic nitrogens is 2. The van der Waals surface area contributed by atoms with Gasteiger partial charge in [0.1, 0.15) is 0 Å². The van der Waals surface area contributed by atoms with Crippen LogP contribution in [0.25, 0.3) is 21.9 Å². The van der Waals surface area contributed by atoms with Crippen molar-refractivity contribution in [3.63, 3.8) is 0 Å². The molecule has 0 bridgehead atoms. The molecule has 0 saturated carbocycles. The molecule has 7 nitrogen and oxygen atoms in total. The fourth-order valence-corrected chi connectivity index (χ4v) is 3.12. The van der Waals surface area contributed by atoms with Gasteiger partial charge >= 0.3 is 5.97 Å². The van der Waals surface area contributed by atoms with Crippen LogP contribution in [0.5, 0.6) is 0 Å². The van der Waals surface area contributed by atoms with Crippen LogP contribution in [-0.4, -0.2) is 28.7 Å². The molecule has 2 N–H and O–H groups in total. The minimum atomic E-state index is -0.797. The van der Waals surface area contributed by atoms with Crippen LogP contribution >= 0.6 is 0 Å². The lowest BCUT2D eigenvalue weighted by Gasteiger charge is -2.11. The van der Waals surface area contributed by atoms with Crippen molar-refractivity contribution >= 4 is 28.3 Å². The van der Waals surface area contributed by atoms with Gasteiger partial charge in [-0.15, -0.1) is 0 Å². The Morgan fingerprint density at radius 1 is 0.867 bits per heavy atom. The maximum Gasteiger partial charge on any atom is 0.359 e. The lowest BCUT2D eigenvalue weighted by molar-refractivity contribution is -0.119. The lowest BCUT2D eigenvalue weighted by atomic mass is 10.0. The van der Waals surface area contributed by atoms with E-state index in [0.29, 0.717) is 16.5 Å². The first-order chi connectivity index (χ1) is 14.6. The number of aromatic amines is 1. The van der Waals surface area contributed by atoms with Crippen LogP contribution in [-0.2, 0) is 9.53 Å². The summed E-state index contributed by atoms with van der Waals surface area (Å²) in [5, 5.41) is 9.50. The highest BCUT2D eigenvalue weighted by Gasteiger charge is 2.17. The monoisotopic (exact) mass is 399 g/mol. The molecule has 0 radical (unpaired) electrons. The molecule has 0 unspecified atom stereocenters. The third-order valence-corrected chi connectivity index (χ3v) is 4.51. The highest BCUT2D eigenvalue weighted by molar-refractivity contribution is 6.03. The number of nitrogens with zero attached hydrogens (tertiary/aromatic N) is 1. The van der Waals surface area contributed by atoms with Crippen LogP contribution in [0.3, 0.4) is 0 Å². The number of fused-ring (bicyclic) bond motifs is 1. The van der Waals surface area contributed by atoms with E-state index in [4.69, 9.17) is 4.74 Å². The molecule has 0 aliphatic rings. The van der Waals surface area contributed by atoms with Gasteiger partial charge in [0.25, 0.3) is 11.5 Å². The molecule has 30 heavy (non-hydrogen) atoms. The van der Waals surface area contributed by atoms with Crippen LogP contribution in [0.4, 0.5) is 5.69 Å². The first kappa shape index (κ1) is 19.1. The zero-order valence-electron chi connectivity index (χ0n) is 15.8. The predicted octanol–water partition coefficient (Wildman–Crippen LogP) is 3.39. The molecular weight excluding hydrogens is 382 g/mol. The number of hydrogen-bond acceptors (Lipinski definition) is 5. The van der Waals surface area contributed by atoms with Crippen LogP contribution in [0.1, 0.15) is 10.5 Å². The smallest absolute Gasteiger partial charge is 0.359 e. The summed E-state index contributed by atoms with van der Waals surface area (Å²) in [5.41, 5.74) is 1.96. The molecule has 0 aliphatic heterocycles. The zero-order valence-corrected chi connectivity index (χ0v) is 15.8. The van der Waals surface area contributed by atoms with Crippen LogP contribution in [0, 0.1) is 0 Å². The Hall–Kier alpha value is -4.26. The third-order valence-electron chi connectivity index (χ3n) is 4.51. The van der Waals surface area contributed by atoms with Gasteiger partial charge in [0.15, 0.2) is 12.3 Å². The van der Waals surface area contributed by atoms with E-state index < -0.39 is 24.0 Å². The quantitative estimate of drug-likeness (QED) is 0.501. The van der Waals surface area contributed by atoms with E-state index in [1.807, 2.05) is 48.5 Å². The summed E-state index contributed by atoms with van der Waals surface area (Å²) < 4.78 is 5.12. The van der Waals surface area contributed by atoms with Crippen molar-refractivity contribution in [2.24, 2.45) is 0 Å². The molecule has 3 aromatic carbocycles. The summed E-state index contributed by atoms with van der Waals surface area (Å²) in [6.07, 6.45) is 0. The number of esters is 1. The molecule has 7 heteroatoms. The number of ether oxygens (including phenoxy) is 1. The Balaban J connectivity index is 1.47. The molecular formula is C23H17N3O4. The first-order valence-corrected chi connectivity index (χ1v) is 9.22. The van der Waals surface area contributed by atoms with E-state index in [2.05, 4.69) is 15.5 Å². The minimum Gasteiger partial charge on any atom is -0.451 e. The van der Waals surface area contributed by atoms with E-state index in [-0.39, 0.29) is 5.69 Å². The van der Waals surface area contributed by atoms with Crippen LogP contribution < -0.4 is 10.9 Å². The van der Waals surface area contributed by atoms with Crippen molar-refractivity contribution in [1.29, 1.82) is 0 Å². The summed E-state index contributed by atoms with van der Waals surface area (Å²) in [4.78, 5) is 36.6. The maximum atomic E-state index is 12.4. The molecule has 0 saturated heterocycles. The fraction of sp³-hybridized carbons (Fsp3) is 0.0435. The molecule has 0 atom stereocenters. The number of carbonyl (C=O) groups excluding carboxylic acids is 2. The molecule has 1 heterocycles. The highest BCUT2D eigenvalue weighted by Crippen LogP contribution is 2.27. The number of carbonyl (C=O) groups is 2. The highest BCUT2D eigenvalue weighted by atomic mass is 16.5. The normalized spacial score (nSPS) is 10.5. The number of benzene rings is 3. The summed E-state index contributed by atoms with van der Waals surface area (Å²) in [6.45, 7) is -0.489. The number of rotatable bonds is 5. The first-order valence-electron chi connectivity index (χ1n) is 9.22. The summed E-state index contributed by atoms with van der Waals surface area (Å²) in [6, 6.07) is 23.5. The van der Waals surface area contributed by atoms with Crippen molar-refractivity contribution in [3.05, 3.63) is 94.9 Å². The topological polar surface area (TPSA) is 101 Å². The van der Waals surface area contributed by atoms with Crippen molar-refractivity contribution in [2.75, 3.05) is 11.9 Å². The zero-order chi connectivity index (χ0) is 20.9. The molecule has 4 rings (SSSR count). The Kier molecular flexibility index (Phi) is 5.34. The second-order valence-electron chi connectivity index (χ2n) is 6.48. The molecule has 1 aromatic heterocycles. The summed E-state index contributed by atoms with van der Waals surface area (Å²) in [5.74, 6) is -1.28. The van der Waals surface area contributed by atoms with Gasteiger partial charge in [0.2, 0.25) is 0 Å². The minimum absolute atomic E-state index is 0.0531. The van der Waals surface area contributed by atoms with Gasteiger partial charge in [-0.05, 0) is 17.7 Å². The molecule has 0 spiro atoms. The van der Waals surface area contributed by atoms with E-state index in [1.54, 1.807) is 30.3 Å². The van der Waals surface area contributed by atoms with Gasteiger partial charge in [0, 0.05) is 16.6 Å². The second-order valence-corrected chi connectivity index (χ2v) is 6.48. The number of H-pyrrole nitrogens is 1. The average molecular weight is 399 g/mol. The van der Waals surface area contributed by atoms with Gasteiger partial charge in [-0.3, -0.25) is 9.59 Å². The molecule has 0 aliphatic carbocycles. The van der Waals surface area contributed by atoms with E-state index >= 15 is 0 Å². The van der Waals surface area contributed by atoms with Crippen molar-refractivity contribution in [2.45, 2.75) is 0 Å². The van der Waals surface area contributed by atoms with Gasteiger partial charge in [-0.1, -0.05) is 66.7 Å². The molecule has 1 amide bonds. The van der Waals surface area contributed by atoms with Gasteiger partial charge < -0.3 is 10.1 Å².